The summed E-state index contributed by atoms with van der Waals surface area (Å²) in [5, 5.41) is 12.5. The largest absolute Gasteiger partial charge is 0.453 e. The smallest absolute Gasteiger partial charge is 0.407 e. The van der Waals surface area contributed by atoms with Crippen LogP contribution in [0.25, 0.3) is 11.3 Å². The van der Waals surface area contributed by atoms with Gasteiger partial charge in [0.1, 0.15) is 24.1 Å². The molecule has 0 radical (unpaired) electrons. The number of aromatic amines is 1. The van der Waals surface area contributed by atoms with Crippen molar-refractivity contribution >= 4 is 41.0 Å². The molecule has 2 aromatic carbocycles. The van der Waals surface area contributed by atoms with Crippen molar-refractivity contribution in [3.8, 4) is 0 Å². The van der Waals surface area contributed by atoms with Crippen molar-refractivity contribution in [3.63, 3.8) is 0 Å². The summed E-state index contributed by atoms with van der Waals surface area (Å²) in [7, 11) is 5.59. The van der Waals surface area contributed by atoms with Crippen molar-refractivity contribution < 1.29 is 38.1 Å². The molecule has 17 nitrogen and oxygen atoms in total. The van der Waals surface area contributed by atoms with Gasteiger partial charge in [-0.2, -0.15) is 0 Å². The molecule has 5 aliphatic rings. The minimum absolute atomic E-state index is 0.0332. The number of hydrogen-bond donors (Lipinski definition) is 5. The molecule has 71 heavy (non-hydrogen) atoms. The Hall–Kier alpha value is -6.33. The molecular formula is C54H73N9O8. The quantitative estimate of drug-likeness (QED) is 0.104. The first-order valence-corrected chi connectivity index (χ1v) is 25.1. The normalized spacial score (nSPS) is 24.8. The van der Waals surface area contributed by atoms with Crippen LogP contribution in [0, 0.1) is 5.92 Å². The van der Waals surface area contributed by atoms with Gasteiger partial charge >= 0.3 is 12.2 Å². The second-order valence-corrected chi connectivity index (χ2v) is 20.5. The summed E-state index contributed by atoms with van der Waals surface area (Å²) in [6.45, 7) is 11.4. The minimum Gasteiger partial charge on any atom is -0.453 e. The number of H-pyrrole nitrogens is 1. The molecule has 382 valence electrons. The summed E-state index contributed by atoms with van der Waals surface area (Å²) in [5.74, 6) is 0.570. The second-order valence-electron chi connectivity index (χ2n) is 20.5. The monoisotopic (exact) mass is 976 g/mol. The SMILES string of the molecule is COC(=O)N[C@H](C(=O)N1CCC[C@H]1C1NC=C(c2ccc([C@H]3CC[C@H](C4C=CC(c5cnc([C@@H]6CCCN6C(=O)[C@H](NC(=O)OC)[C@H](C)OC)[nH]5)=CC4)N3c3ccc(C(C)(C)C)cc3)cc2)N1)[C@H](C)OC. The molecule has 2 unspecified atom stereocenters. The molecule has 0 bridgehead atoms. The van der Waals surface area contributed by atoms with E-state index in [1.54, 1.807) is 18.7 Å². The van der Waals surface area contributed by atoms with E-state index in [1.807, 2.05) is 17.3 Å². The van der Waals surface area contributed by atoms with Crippen LogP contribution in [0.1, 0.15) is 120 Å². The lowest BCUT2D eigenvalue weighted by molar-refractivity contribution is -0.138. The molecule has 4 aliphatic heterocycles. The number of carbonyl (C=O) groups excluding carboxylic acids is 4. The number of nitrogens with zero attached hydrogens (tertiary/aromatic N) is 4. The third-order valence-electron chi connectivity index (χ3n) is 15.3. The Kier molecular flexibility index (Phi) is 15.8. The minimum atomic E-state index is -0.896. The third-order valence-corrected chi connectivity index (χ3v) is 15.3. The van der Waals surface area contributed by atoms with Crippen molar-refractivity contribution in [2.24, 2.45) is 5.92 Å². The molecule has 5 N–H and O–H groups in total. The predicted octanol–water partition coefficient (Wildman–Crippen LogP) is 7.07. The summed E-state index contributed by atoms with van der Waals surface area (Å²) in [6, 6.07) is 16.3. The molecule has 1 aliphatic carbocycles. The highest BCUT2D eigenvalue weighted by Crippen LogP contribution is 2.45. The molecule has 8 rings (SSSR count). The number of likely N-dealkylation sites (tertiary alicyclic amines) is 2. The number of hydrogen-bond acceptors (Lipinski definition) is 12. The van der Waals surface area contributed by atoms with Crippen LogP contribution in [-0.2, 0) is 34.0 Å². The Morgan fingerprint density at radius 2 is 1.39 bits per heavy atom. The molecule has 0 saturated carbocycles. The van der Waals surface area contributed by atoms with Crippen LogP contribution < -0.4 is 26.2 Å². The first-order valence-electron chi connectivity index (χ1n) is 25.1. The Balaban J connectivity index is 0.954. The Morgan fingerprint density at radius 3 is 2.00 bits per heavy atom. The molecule has 0 spiro atoms. The van der Waals surface area contributed by atoms with Crippen molar-refractivity contribution in [1.29, 1.82) is 0 Å². The van der Waals surface area contributed by atoms with Gasteiger partial charge in [-0.25, -0.2) is 14.6 Å². The van der Waals surface area contributed by atoms with Gasteiger partial charge in [-0.05, 0) is 98.6 Å². The molecule has 10 atom stereocenters. The molecule has 3 fully saturated rings. The highest BCUT2D eigenvalue weighted by Gasteiger charge is 2.43. The molecule has 1 aromatic heterocycles. The van der Waals surface area contributed by atoms with Crippen molar-refractivity contribution in [1.82, 2.24) is 41.0 Å². The van der Waals surface area contributed by atoms with Crippen LogP contribution in [0.5, 0.6) is 0 Å². The van der Waals surface area contributed by atoms with E-state index in [0.29, 0.717) is 13.1 Å². The van der Waals surface area contributed by atoms with Crippen LogP contribution in [0.2, 0.25) is 0 Å². The van der Waals surface area contributed by atoms with Gasteiger partial charge < -0.3 is 59.9 Å². The molecule has 17 heteroatoms. The van der Waals surface area contributed by atoms with Crippen LogP contribution >= 0.6 is 0 Å². The summed E-state index contributed by atoms with van der Waals surface area (Å²) in [4.78, 5) is 66.7. The standard InChI is InChI=1S/C54H73N9O8/c1-32(68-6)46(59-52(66)70-8)50(64)61-28-10-12-44(61)48-55-30-40(57-48)34-14-18-36(19-15-34)42-26-27-43(63(42)39-24-22-38(23-25-39)54(3,4)5)37-20-16-35(17-21-37)41-31-56-49(58-41)45-13-11-29-62(45)51(65)47(33(2)69-7)60-53(67)71-9/h14-20,22-25,30-33,37,42-48,55,57H,10-13,21,26-29H2,1-9H3,(H,56,58)(H,59,66)(H,60,67)/t32-,33-,37?,42+,43+,44-,45-,46-,47+,48?/m0/s1. The van der Waals surface area contributed by atoms with E-state index in [2.05, 4.69) is 119 Å². The number of rotatable bonds is 15. The Morgan fingerprint density at radius 1 is 0.761 bits per heavy atom. The Labute approximate surface area is 418 Å². The van der Waals surface area contributed by atoms with E-state index in [4.69, 9.17) is 23.9 Å². The van der Waals surface area contributed by atoms with E-state index in [-0.39, 0.29) is 53.5 Å². The van der Waals surface area contributed by atoms with Gasteiger partial charge in [0.05, 0.1) is 62.1 Å². The van der Waals surface area contributed by atoms with Crippen molar-refractivity contribution in [2.45, 2.75) is 140 Å². The maximum Gasteiger partial charge on any atom is 0.407 e. The zero-order valence-corrected chi connectivity index (χ0v) is 42.7. The number of methoxy groups -OCH3 is 4. The molecule has 5 heterocycles. The highest BCUT2D eigenvalue weighted by molar-refractivity contribution is 5.87. The van der Waals surface area contributed by atoms with Crippen LogP contribution in [0.3, 0.4) is 0 Å². The number of imidazole rings is 1. The highest BCUT2D eigenvalue weighted by atomic mass is 16.5. The zero-order valence-electron chi connectivity index (χ0n) is 42.7. The summed E-state index contributed by atoms with van der Waals surface area (Å²) in [6.07, 6.45) is 14.2. The van der Waals surface area contributed by atoms with Gasteiger partial charge in [-0.3, -0.25) is 9.59 Å². The second kappa shape index (κ2) is 22.0. The summed E-state index contributed by atoms with van der Waals surface area (Å²) >= 11 is 0. The van der Waals surface area contributed by atoms with Gasteiger partial charge in [0.15, 0.2) is 0 Å². The number of carbonyl (C=O) groups is 4. The fourth-order valence-corrected chi connectivity index (χ4v) is 11.0. The molecule has 3 saturated heterocycles. The van der Waals surface area contributed by atoms with E-state index in [1.165, 1.54) is 45.3 Å². The number of allylic oxidation sites excluding steroid dienone is 3. The van der Waals surface area contributed by atoms with Gasteiger partial charge in [-0.1, -0.05) is 75.4 Å². The van der Waals surface area contributed by atoms with Crippen molar-refractivity contribution in [2.75, 3.05) is 46.4 Å². The third kappa shape index (κ3) is 11.0. The summed E-state index contributed by atoms with van der Waals surface area (Å²) < 4.78 is 20.6. The number of benzene rings is 2. The van der Waals surface area contributed by atoms with E-state index in [9.17, 15) is 19.2 Å². The maximum atomic E-state index is 13.9. The van der Waals surface area contributed by atoms with E-state index in [0.717, 1.165) is 73.3 Å². The number of alkyl carbamates (subject to hydrolysis) is 2. The van der Waals surface area contributed by atoms with Crippen molar-refractivity contribution in [3.05, 3.63) is 107 Å². The lowest BCUT2D eigenvalue weighted by Crippen LogP contribution is -2.59. The van der Waals surface area contributed by atoms with Gasteiger partial charge in [0.2, 0.25) is 11.8 Å². The average molecular weight is 976 g/mol. The molecular weight excluding hydrogens is 903 g/mol. The van der Waals surface area contributed by atoms with Crippen LogP contribution in [-0.4, -0.2) is 128 Å². The number of anilines is 1. The lowest BCUT2D eigenvalue weighted by Gasteiger charge is -2.37. The number of aromatic nitrogens is 2. The zero-order chi connectivity index (χ0) is 50.6. The lowest BCUT2D eigenvalue weighted by atomic mass is 9.86. The molecule has 4 amide bonds. The number of amides is 4. The number of nitrogens with one attached hydrogen (secondary N) is 5. The predicted molar refractivity (Wildman–Crippen MR) is 272 cm³/mol. The number of ether oxygens (including phenoxy) is 4. The van der Waals surface area contributed by atoms with Gasteiger partial charge in [-0.15, -0.1) is 0 Å². The van der Waals surface area contributed by atoms with E-state index < -0.39 is 36.5 Å². The molecule has 3 aromatic rings. The van der Waals surface area contributed by atoms with Gasteiger partial charge in [0, 0.05) is 51.2 Å². The van der Waals surface area contributed by atoms with Crippen LogP contribution in [0.4, 0.5) is 15.3 Å². The summed E-state index contributed by atoms with van der Waals surface area (Å²) in [5.41, 5.74) is 7.78. The fraction of sp³-hybridized carbons (Fsp3) is 0.537. The first-order chi connectivity index (χ1) is 34.1. The first kappa shape index (κ1) is 51.0. The Bertz CT molecular complexity index is 2460. The van der Waals surface area contributed by atoms with E-state index >= 15 is 0 Å². The van der Waals surface area contributed by atoms with Crippen LogP contribution in [0.15, 0.2) is 79.2 Å². The fourth-order valence-electron chi connectivity index (χ4n) is 11.0. The van der Waals surface area contributed by atoms with Gasteiger partial charge in [0.25, 0.3) is 0 Å². The topological polar surface area (TPSA) is 192 Å². The maximum absolute atomic E-state index is 13.9. The average Bonchev–Trinajstić information content (AvgIpc) is 4.26.